The predicted octanol–water partition coefficient (Wildman–Crippen LogP) is 5.39. The monoisotopic (exact) mass is 579 g/mol. The molecule has 0 aliphatic carbocycles. The van der Waals surface area contributed by atoms with Crippen LogP contribution in [0, 0.1) is 13.8 Å². The smallest absolute Gasteiger partial charge is 0.240 e. The van der Waals surface area contributed by atoms with E-state index in [2.05, 4.69) is 59.7 Å². The quantitative estimate of drug-likeness (QED) is 0.421. The number of fused-ring (bicyclic) bond motifs is 1. The van der Waals surface area contributed by atoms with E-state index in [0.29, 0.717) is 5.16 Å². The molecule has 4 rings (SSSR count). The number of carbonyl (C=O) groups excluding carboxylic acids is 1. The van der Waals surface area contributed by atoms with E-state index in [1.807, 2.05) is 48.9 Å². The van der Waals surface area contributed by atoms with E-state index in [1.165, 1.54) is 11.8 Å². The molecule has 1 aromatic heterocycles. The summed E-state index contributed by atoms with van der Waals surface area (Å²) in [4.78, 5) is 13.6. The van der Waals surface area contributed by atoms with E-state index >= 15 is 0 Å². The number of amides is 1. The Morgan fingerprint density at radius 1 is 1.25 bits per heavy atom. The van der Waals surface area contributed by atoms with Gasteiger partial charge in [-0.15, -0.1) is 10.2 Å². The maximum Gasteiger partial charge on any atom is 0.240 e. The van der Waals surface area contributed by atoms with Gasteiger partial charge < -0.3 is 15.5 Å². The summed E-state index contributed by atoms with van der Waals surface area (Å²) in [5, 5.41) is 11.8. The Morgan fingerprint density at radius 3 is 2.72 bits per heavy atom. The number of carbonyl (C=O) groups is 1. The normalized spacial score (nSPS) is 17.4. The van der Waals surface area contributed by atoms with Crippen LogP contribution in [0.4, 0.5) is 5.69 Å². The third-order valence-corrected chi connectivity index (χ3v) is 7.70. The Labute approximate surface area is 207 Å². The van der Waals surface area contributed by atoms with E-state index in [0.717, 1.165) is 49.3 Å². The van der Waals surface area contributed by atoms with Gasteiger partial charge in [0.15, 0.2) is 0 Å². The third-order valence-electron chi connectivity index (χ3n) is 5.40. The molecule has 0 fully saturated rings. The number of hydrogen-bond donors (Lipinski definition) is 2. The molecule has 0 saturated heterocycles. The second-order valence-corrected chi connectivity index (χ2v) is 10.4. The summed E-state index contributed by atoms with van der Waals surface area (Å²) >= 11 is 8.52. The zero-order valence-corrected chi connectivity index (χ0v) is 22.1. The minimum absolute atomic E-state index is 0.0912. The number of aryl methyl sites for hydroxylation is 3. The summed E-state index contributed by atoms with van der Waals surface area (Å²) in [5.41, 5.74) is 7.35. The maximum atomic E-state index is 13.6. The van der Waals surface area contributed by atoms with Crippen molar-refractivity contribution in [3.05, 3.63) is 61.8 Å². The maximum absolute atomic E-state index is 13.6. The fraction of sp³-hybridized carbons (Fsp3) is 0.318. The first-order chi connectivity index (χ1) is 15.3. The molecule has 168 valence electrons. The van der Waals surface area contributed by atoms with Crippen molar-refractivity contribution >= 4 is 55.2 Å². The molecule has 2 N–H and O–H groups in total. The standard InChI is InChI=1S/C22H23Br2N5O2S/c1-5-13-9-15(23)8-11(2)18(13)25-21(30)20-19(14-6-7-17(31-4)16(24)10-14)28-29-12(3)26-27-22(29)32-20/h6-10,19-20,28H,5H2,1-4H3,(H,25,30)/t19-,20-/m1/s1. The molecule has 1 aliphatic heterocycles. The Morgan fingerprint density at radius 2 is 2.03 bits per heavy atom. The first-order valence-corrected chi connectivity index (χ1v) is 12.6. The first kappa shape index (κ1) is 23.1. The number of nitrogens with zero attached hydrogens (tertiary/aromatic N) is 3. The number of hydrogen-bond acceptors (Lipinski definition) is 6. The Balaban J connectivity index is 1.71. The van der Waals surface area contributed by atoms with E-state index in [1.54, 1.807) is 7.11 Å². The molecule has 3 aromatic rings. The average molecular weight is 581 g/mol. The molecule has 2 atom stereocenters. The van der Waals surface area contributed by atoms with Crippen LogP contribution in [-0.2, 0) is 11.2 Å². The number of halogens is 2. The van der Waals surface area contributed by atoms with Crippen molar-refractivity contribution in [3.8, 4) is 5.75 Å². The highest BCUT2D eigenvalue weighted by Crippen LogP contribution is 2.40. The highest BCUT2D eigenvalue weighted by Gasteiger charge is 2.38. The van der Waals surface area contributed by atoms with Crippen LogP contribution >= 0.6 is 43.6 Å². The van der Waals surface area contributed by atoms with Crippen LogP contribution in [0.15, 0.2) is 44.4 Å². The summed E-state index contributed by atoms with van der Waals surface area (Å²) in [6.45, 7) is 5.96. The van der Waals surface area contributed by atoms with Gasteiger partial charge in [-0.2, -0.15) is 0 Å². The fourth-order valence-electron chi connectivity index (χ4n) is 3.75. The molecule has 10 heteroatoms. The summed E-state index contributed by atoms with van der Waals surface area (Å²) < 4.78 is 9.03. The van der Waals surface area contributed by atoms with E-state index < -0.39 is 5.25 Å². The number of ether oxygens (including phenoxy) is 1. The summed E-state index contributed by atoms with van der Waals surface area (Å²) in [6.07, 6.45) is 0.814. The number of methoxy groups -OCH3 is 1. The van der Waals surface area contributed by atoms with Crippen LogP contribution in [0.1, 0.15) is 35.5 Å². The lowest BCUT2D eigenvalue weighted by atomic mass is 10.0. The molecule has 7 nitrogen and oxygen atoms in total. The third kappa shape index (κ3) is 4.40. The van der Waals surface area contributed by atoms with Gasteiger partial charge in [-0.3, -0.25) is 4.79 Å². The van der Waals surface area contributed by atoms with E-state index in [9.17, 15) is 4.79 Å². The molecule has 1 aliphatic rings. The van der Waals surface area contributed by atoms with Crippen molar-refractivity contribution in [2.75, 3.05) is 17.9 Å². The molecule has 0 unspecified atom stereocenters. The lowest BCUT2D eigenvalue weighted by Crippen LogP contribution is -2.41. The van der Waals surface area contributed by atoms with Crippen LogP contribution < -0.4 is 15.5 Å². The molecule has 1 amide bonds. The Bertz CT molecular complexity index is 1180. The summed E-state index contributed by atoms with van der Waals surface area (Å²) in [7, 11) is 1.63. The van der Waals surface area contributed by atoms with Crippen LogP contribution in [0.3, 0.4) is 0 Å². The van der Waals surface area contributed by atoms with Crippen molar-refractivity contribution in [3.63, 3.8) is 0 Å². The highest BCUT2D eigenvalue weighted by atomic mass is 79.9. The number of benzene rings is 2. The van der Waals surface area contributed by atoms with Gasteiger partial charge in [0, 0.05) is 10.2 Å². The van der Waals surface area contributed by atoms with Crippen molar-refractivity contribution in [1.82, 2.24) is 14.9 Å². The molecular formula is C22H23Br2N5O2S. The van der Waals surface area contributed by atoms with Gasteiger partial charge >= 0.3 is 0 Å². The molecule has 0 saturated carbocycles. The van der Waals surface area contributed by atoms with Crippen LogP contribution in [0.5, 0.6) is 5.75 Å². The number of aromatic nitrogens is 3. The van der Waals surface area contributed by atoms with Gasteiger partial charge in [-0.25, -0.2) is 4.68 Å². The molecule has 2 heterocycles. The van der Waals surface area contributed by atoms with Gasteiger partial charge in [-0.1, -0.05) is 40.7 Å². The van der Waals surface area contributed by atoms with E-state index in [-0.39, 0.29) is 11.9 Å². The van der Waals surface area contributed by atoms with Crippen LogP contribution in [0.2, 0.25) is 0 Å². The number of rotatable bonds is 5. The zero-order chi connectivity index (χ0) is 23.0. The molecule has 0 bridgehead atoms. The molecule has 32 heavy (non-hydrogen) atoms. The first-order valence-electron chi connectivity index (χ1n) is 10.1. The number of nitrogens with one attached hydrogen (secondary N) is 2. The minimum atomic E-state index is -0.459. The number of anilines is 1. The zero-order valence-electron chi connectivity index (χ0n) is 18.1. The Kier molecular flexibility index (Phi) is 6.83. The summed E-state index contributed by atoms with van der Waals surface area (Å²) in [6, 6.07) is 9.60. The lowest BCUT2D eigenvalue weighted by molar-refractivity contribution is -0.116. The van der Waals surface area contributed by atoms with Gasteiger partial charge in [-0.05, 0) is 77.2 Å². The van der Waals surface area contributed by atoms with Crippen molar-refractivity contribution < 1.29 is 9.53 Å². The fourth-order valence-corrected chi connectivity index (χ4v) is 6.05. The van der Waals surface area contributed by atoms with Gasteiger partial charge in [0.05, 0.1) is 17.6 Å². The lowest BCUT2D eigenvalue weighted by Gasteiger charge is -2.33. The largest absolute Gasteiger partial charge is 0.496 e. The van der Waals surface area contributed by atoms with E-state index in [4.69, 9.17) is 4.74 Å². The van der Waals surface area contributed by atoms with Crippen molar-refractivity contribution in [2.45, 2.75) is 43.6 Å². The predicted molar refractivity (Wildman–Crippen MR) is 134 cm³/mol. The van der Waals surface area contributed by atoms with Gasteiger partial charge in [0.25, 0.3) is 0 Å². The molecular weight excluding hydrogens is 558 g/mol. The highest BCUT2D eigenvalue weighted by molar-refractivity contribution is 9.10. The van der Waals surface area contributed by atoms with Crippen molar-refractivity contribution in [2.24, 2.45) is 0 Å². The molecule has 0 radical (unpaired) electrons. The second kappa shape index (κ2) is 9.44. The van der Waals surface area contributed by atoms with Gasteiger partial charge in [0.2, 0.25) is 11.1 Å². The average Bonchev–Trinajstić information content (AvgIpc) is 3.14. The minimum Gasteiger partial charge on any atom is -0.496 e. The second-order valence-electron chi connectivity index (χ2n) is 7.50. The SMILES string of the molecule is CCc1cc(Br)cc(C)c1NC(=O)[C@@H]1Sc2nnc(C)n2N[C@@H]1c1ccc(OC)c(Br)c1. The Hall–Kier alpha value is -2.04. The van der Waals surface area contributed by atoms with Crippen molar-refractivity contribution in [1.29, 1.82) is 0 Å². The molecule has 2 aromatic carbocycles. The number of thioether (sulfide) groups is 1. The van der Waals surface area contributed by atoms with Gasteiger partial charge in [0.1, 0.15) is 16.8 Å². The summed E-state index contributed by atoms with van der Waals surface area (Å²) in [5.74, 6) is 1.38. The van der Waals surface area contributed by atoms with Crippen LogP contribution in [0.25, 0.3) is 0 Å². The van der Waals surface area contributed by atoms with Crippen LogP contribution in [-0.4, -0.2) is 33.1 Å². The molecule has 0 spiro atoms. The topological polar surface area (TPSA) is 81.1 Å².